The van der Waals surface area contributed by atoms with Crippen LogP contribution in [0.15, 0.2) is 53.0 Å². The number of benzene rings is 2. The summed E-state index contributed by atoms with van der Waals surface area (Å²) in [5, 5.41) is 10.6. The minimum atomic E-state index is -0.882. The van der Waals surface area contributed by atoms with Crippen molar-refractivity contribution in [1.82, 2.24) is 0 Å². The standard InChI is InChI=1S/C19H17BrO3/c20-12-6-7-17-15(8-12)16-10-13(21)9-14(18(16)19(22)23-17)11-4-2-1-3-5-11/h1-8,14,16,18-19,22H,9-10H2/t14-,16+,18-,19+/m1/s1. The van der Waals surface area contributed by atoms with Gasteiger partial charge in [0.05, 0.1) is 0 Å². The first kappa shape index (κ1) is 14.9. The molecular weight excluding hydrogens is 356 g/mol. The molecule has 1 aliphatic carbocycles. The van der Waals surface area contributed by atoms with Crippen molar-refractivity contribution in [2.45, 2.75) is 31.0 Å². The Hall–Kier alpha value is -1.65. The predicted octanol–water partition coefficient (Wildman–Crippen LogP) is 4.01. The monoisotopic (exact) mass is 372 g/mol. The normalized spacial score (nSPS) is 29.4. The van der Waals surface area contributed by atoms with Gasteiger partial charge in [0, 0.05) is 35.1 Å². The topological polar surface area (TPSA) is 46.5 Å². The highest BCUT2D eigenvalue weighted by Crippen LogP contribution is 2.52. The highest BCUT2D eigenvalue weighted by atomic mass is 79.9. The van der Waals surface area contributed by atoms with Gasteiger partial charge in [-0.05, 0) is 29.3 Å². The summed E-state index contributed by atoms with van der Waals surface area (Å²) in [6.45, 7) is 0. The zero-order valence-electron chi connectivity index (χ0n) is 12.5. The van der Waals surface area contributed by atoms with E-state index in [9.17, 15) is 9.90 Å². The molecule has 4 rings (SSSR count). The molecule has 1 heterocycles. The van der Waals surface area contributed by atoms with Gasteiger partial charge in [0.25, 0.3) is 0 Å². The van der Waals surface area contributed by atoms with E-state index >= 15 is 0 Å². The summed E-state index contributed by atoms with van der Waals surface area (Å²) < 4.78 is 6.73. The molecule has 2 aromatic rings. The number of aliphatic hydroxyl groups excluding tert-OH is 1. The zero-order chi connectivity index (χ0) is 16.0. The molecule has 0 amide bonds. The molecule has 0 aromatic heterocycles. The summed E-state index contributed by atoms with van der Waals surface area (Å²) in [5.74, 6) is 0.822. The van der Waals surface area contributed by atoms with Crippen LogP contribution in [-0.4, -0.2) is 17.2 Å². The van der Waals surface area contributed by atoms with Crippen molar-refractivity contribution in [2.75, 3.05) is 0 Å². The average Bonchev–Trinajstić information content (AvgIpc) is 2.56. The molecule has 118 valence electrons. The van der Waals surface area contributed by atoms with E-state index in [0.717, 1.165) is 15.6 Å². The Balaban J connectivity index is 1.80. The number of rotatable bonds is 1. The van der Waals surface area contributed by atoms with E-state index in [2.05, 4.69) is 15.9 Å². The number of aliphatic hydroxyl groups is 1. The predicted molar refractivity (Wildman–Crippen MR) is 90.4 cm³/mol. The molecule has 1 N–H and O–H groups in total. The molecule has 23 heavy (non-hydrogen) atoms. The molecule has 2 aliphatic rings. The first-order valence-electron chi connectivity index (χ1n) is 7.84. The van der Waals surface area contributed by atoms with Crippen molar-refractivity contribution < 1.29 is 14.6 Å². The minimum absolute atomic E-state index is 0.00212. The lowest BCUT2D eigenvalue weighted by Crippen LogP contribution is -2.43. The Bertz CT molecular complexity index is 744. The molecule has 0 unspecified atom stereocenters. The molecule has 0 saturated heterocycles. The third-order valence-electron chi connectivity index (χ3n) is 5.00. The van der Waals surface area contributed by atoms with E-state index < -0.39 is 6.29 Å². The van der Waals surface area contributed by atoms with E-state index in [1.54, 1.807) is 0 Å². The third kappa shape index (κ3) is 2.60. The first-order chi connectivity index (χ1) is 11.1. The van der Waals surface area contributed by atoms with Crippen LogP contribution < -0.4 is 4.74 Å². The van der Waals surface area contributed by atoms with Crippen LogP contribution in [0.4, 0.5) is 0 Å². The smallest absolute Gasteiger partial charge is 0.201 e. The second kappa shape index (κ2) is 5.77. The van der Waals surface area contributed by atoms with Gasteiger partial charge in [-0.15, -0.1) is 0 Å². The van der Waals surface area contributed by atoms with Crippen LogP contribution in [0.1, 0.15) is 35.8 Å². The molecule has 2 aromatic carbocycles. The Morgan fingerprint density at radius 3 is 2.57 bits per heavy atom. The highest BCUT2D eigenvalue weighted by molar-refractivity contribution is 9.10. The maximum Gasteiger partial charge on any atom is 0.201 e. The van der Waals surface area contributed by atoms with E-state index in [0.29, 0.717) is 18.6 Å². The van der Waals surface area contributed by atoms with Crippen molar-refractivity contribution in [3.05, 3.63) is 64.1 Å². The SMILES string of the molecule is O=C1C[C@H](c2ccccc2)[C@H]2[C@@H](O)Oc3ccc(Br)cc3[C@@H]2C1. The molecule has 1 fully saturated rings. The fourth-order valence-corrected chi connectivity index (χ4v) is 4.39. The molecule has 4 heteroatoms. The van der Waals surface area contributed by atoms with Crippen molar-refractivity contribution in [2.24, 2.45) is 5.92 Å². The summed E-state index contributed by atoms with van der Waals surface area (Å²) in [6.07, 6.45) is 0.0549. The van der Waals surface area contributed by atoms with Gasteiger partial charge in [0.2, 0.25) is 6.29 Å². The van der Waals surface area contributed by atoms with Gasteiger partial charge in [-0.2, -0.15) is 0 Å². The number of ether oxygens (including phenoxy) is 1. The fraction of sp³-hybridized carbons (Fsp3) is 0.316. The van der Waals surface area contributed by atoms with E-state index in [1.807, 2.05) is 48.5 Å². The van der Waals surface area contributed by atoms with Gasteiger partial charge in [-0.1, -0.05) is 46.3 Å². The lowest BCUT2D eigenvalue weighted by Gasteiger charge is -2.44. The summed E-state index contributed by atoms with van der Waals surface area (Å²) in [6, 6.07) is 15.7. The van der Waals surface area contributed by atoms with Crippen LogP contribution in [0.5, 0.6) is 5.75 Å². The molecule has 1 saturated carbocycles. The Labute approximate surface area is 143 Å². The number of hydrogen-bond donors (Lipinski definition) is 1. The minimum Gasteiger partial charge on any atom is -0.465 e. The van der Waals surface area contributed by atoms with Crippen molar-refractivity contribution >= 4 is 21.7 Å². The van der Waals surface area contributed by atoms with Gasteiger partial charge in [-0.3, -0.25) is 4.79 Å². The van der Waals surface area contributed by atoms with Crippen LogP contribution >= 0.6 is 15.9 Å². The largest absolute Gasteiger partial charge is 0.465 e. The summed E-state index contributed by atoms with van der Waals surface area (Å²) in [7, 11) is 0. The maximum absolute atomic E-state index is 12.4. The lowest BCUT2D eigenvalue weighted by molar-refractivity contribution is -0.131. The zero-order valence-corrected chi connectivity index (χ0v) is 14.1. The molecule has 1 aliphatic heterocycles. The number of ketones is 1. The third-order valence-corrected chi connectivity index (χ3v) is 5.49. The number of halogens is 1. The highest BCUT2D eigenvalue weighted by Gasteiger charge is 2.47. The van der Waals surface area contributed by atoms with Crippen LogP contribution in [0.2, 0.25) is 0 Å². The van der Waals surface area contributed by atoms with Crippen molar-refractivity contribution in [3.63, 3.8) is 0 Å². The molecule has 0 spiro atoms. The van der Waals surface area contributed by atoms with Crippen LogP contribution in [0.25, 0.3) is 0 Å². The van der Waals surface area contributed by atoms with Gasteiger partial charge >= 0.3 is 0 Å². The first-order valence-corrected chi connectivity index (χ1v) is 8.63. The van der Waals surface area contributed by atoms with Crippen molar-refractivity contribution in [3.8, 4) is 5.75 Å². The van der Waals surface area contributed by atoms with Crippen LogP contribution in [0.3, 0.4) is 0 Å². The summed E-state index contributed by atoms with van der Waals surface area (Å²) in [4.78, 5) is 12.4. The van der Waals surface area contributed by atoms with E-state index in [1.165, 1.54) is 0 Å². The number of Topliss-reactive ketones (excluding diaryl/α,β-unsaturated/α-hetero) is 1. The second-order valence-corrected chi connectivity index (χ2v) is 7.25. The Kier molecular flexibility index (Phi) is 3.74. The number of carbonyl (C=O) groups is 1. The second-order valence-electron chi connectivity index (χ2n) is 6.34. The summed E-state index contributed by atoms with van der Waals surface area (Å²) in [5.41, 5.74) is 2.11. The molecule has 0 bridgehead atoms. The quantitative estimate of drug-likeness (QED) is 0.822. The molecule has 3 nitrogen and oxygen atoms in total. The summed E-state index contributed by atoms with van der Waals surface area (Å²) >= 11 is 3.49. The van der Waals surface area contributed by atoms with Gasteiger partial charge < -0.3 is 9.84 Å². The van der Waals surface area contributed by atoms with Crippen LogP contribution in [-0.2, 0) is 4.79 Å². The molecule has 4 atom stereocenters. The van der Waals surface area contributed by atoms with E-state index in [-0.39, 0.29) is 23.5 Å². The molecule has 0 radical (unpaired) electrons. The fourth-order valence-electron chi connectivity index (χ4n) is 4.01. The van der Waals surface area contributed by atoms with Crippen molar-refractivity contribution in [1.29, 1.82) is 0 Å². The number of carbonyl (C=O) groups excluding carboxylic acids is 1. The van der Waals surface area contributed by atoms with Crippen LogP contribution in [0, 0.1) is 5.92 Å². The Morgan fingerprint density at radius 1 is 1.04 bits per heavy atom. The maximum atomic E-state index is 12.4. The lowest BCUT2D eigenvalue weighted by atomic mass is 9.65. The van der Waals surface area contributed by atoms with Gasteiger partial charge in [0.15, 0.2) is 0 Å². The number of hydrogen-bond acceptors (Lipinski definition) is 3. The Morgan fingerprint density at radius 2 is 1.78 bits per heavy atom. The van der Waals surface area contributed by atoms with E-state index in [4.69, 9.17) is 4.74 Å². The van der Waals surface area contributed by atoms with Gasteiger partial charge in [0.1, 0.15) is 11.5 Å². The average molecular weight is 373 g/mol. The molecular formula is C19H17BrO3. The van der Waals surface area contributed by atoms with Gasteiger partial charge in [-0.25, -0.2) is 0 Å². The number of fused-ring (bicyclic) bond motifs is 3.